The van der Waals surface area contributed by atoms with Crippen molar-refractivity contribution in [3.8, 4) is 0 Å². The lowest BCUT2D eigenvalue weighted by atomic mass is 9.70. The zero-order chi connectivity index (χ0) is 47.6. The van der Waals surface area contributed by atoms with Gasteiger partial charge in [-0.05, 0) is 38.2 Å². The Morgan fingerprint density at radius 3 is 2.20 bits per heavy atom. The van der Waals surface area contributed by atoms with E-state index in [0.717, 1.165) is 32.1 Å². The molecule has 0 amide bonds. The van der Waals surface area contributed by atoms with Gasteiger partial charge in [-0.1, -0.05) is 77.0 Å². The van der Waals surface area contributed by atoms with E-state index in [-0.39, 0.29) is 50.5 Å². The number of carbonyl (C=O) groups is 5. The molecule has 0 unspecified atom stereocenters. The van der Waals surface area contributed by atoms with Crippen molar-refractivity contribution in [3.05, 3.63) is 59.8 Å². The Morgan fingerprint density at radius 2 is 1.56 bits per heavy atom. The van der Waals surface area contributed by atoms with Gasteiger partial charge in [0.15, 0.2) is 11.9 Å². The van der Waals surface area contributed by atoms with E-state index in [4.69, 9.17) is 37.9 Å². The van der Waals surface area contributed by atoms with Crippen molar-refractivity contribution < 1.29 is 82.3 Å². The summed E-state index contributed by atoms with van der Waals surface area (Å²) < 4.78 is 46.7. The van der Waals surface area contributed by atoms with Crippen molar-refractivity contribution in [2.45, 2.75) is 179 Å². The molecule has 358 valence electrons. The molecule has 0 aromatic heterocycles. The van der Waals surface area contributed by atoms with E-state index in [2.05, 4.69) is 0 Å². The van der Waals surface area contributed by atoms with Crippen molar-refractivity contribution in [2.75, 3.05) is 14.2 Å². The average molecular weight is 905 g/mol. The molecule has 0 spiro atoms. The second-order valence-electron chi connectivity index (χ2n) is 18.3. The van der Waals surface area contributed by atoms with Crippen LogP contribution in [-0.4, -0.2) is 131 Å². The van der Waals surface area contributed by atoms with Gasteiger partial charge in [0.25, 0.3) is 0 Å². The Hall–Kier alpha value is -4.23. The van der Waals surface area contributed by atoms with E-state index in [0.29, 0.717) is 5.57 Å². The Labute approximate surface area is 375 Å². The van der Waals surface area contributed by atoms with Gasteiger partial charge >= 0.3 is 29.8 Å². The van der Waals surface area contributed by atoms with Crippen molar-refractivity contribution >= 4 is 29.8 Å². The molecule has 17 nitrogen and oxygen atoms in total. The van der Waals surface area contributed by atoms with Crippen LogP contribution in [0.2, 0.25) is 0 Å². The number of rotatable bonds is 9. The monoisotopic (exact) mass is 904 g/mol. The minimum absolute atomic E-state index is 0.0721. The van der Waals surface area contributed by atoms with Crippen molar-refractivity contribution in [3.63, 3.8) is 0 Å². The molecule has 11 atom stereocenters. The van der Waals surface area contributed by atoms with E-state index < -0.39 is 114 Å². The summed E-state index contributed by atoms with van der Waals surface area (Å²) in [7, 11) is 2.40. The van der Waals surface area contributed by atoms with Gasteiger partial charge in [0, 0.05) is 56.3 Å². The summed E-state index contributed by atoms with van der Waals surface area (Å²) in [5, 5.41) is 47.5. The van der Waals surface area contributed by atoms with Crippen LogP contribution in [0.5, 0.6) is 0 Å². The Morgan fingerprint density at radius 1 is 0.875 bits per heavy atom. The number of fused-ring (bicyclic) bond motifs is 6. The number of hydrogen-bond donors (Lipinski definition) is 4. The van der Waals surface area contributed by atoms with E-state index >= 15 is 0 Å². The third kappa shape index (κ3) is 13.4. The summed E-state index contributed by atoms with van der Waals surface area (Å²) in [4.78, 5) is 64.7. The van der Waals surface area contributed by atoms with Gasteiger partial charge in [-0.25, -0.2) is 14.4 Å². The predicted molar refractivity (Wildman–Crippen MR) is 228 cm³/mol. The molecule has 0 saturated carbocycles. The lowest BCUT2D eigenvalue weighted by Gasteiger charge is -2.53. The molecular formula is C47H68O17. The maximum Gasteiger partial charge on any atom is 0.331 e. The number of aliphatic hydroxyl groups excluding tert-OH is 2. The minimum Gasteiger partial charge on any atom is -0.466 e. The predicted octanol–water partition coefficient (Wildman–Crippen LogP) is 4.28. The van der Waals surface area contributed by atoms with Crippen LogP contribution >= 0.6 is 0 Å². The number of hydrogen-bond acceptors (Lipinski definition) is 17. The van der Waals surface area contributed by atoms with Crippen LogP contribution in [0.3, 0.4) is 0 Å². The highest BCUT2D eigenvalue weighted by Gasteiger charge is 2.59. The highest BCUT2D eigenvalue weighted by molar-refractivity contribution is 5.85. The largest absolute Gasteiger partial charge is 0.466 e. The number of methoxy groups -OCH3 is 2. The first-order valence-corrected chi connectivity index (χ1v) is 21.9. The molecule has 0 aromatic carbocycles. The van der Waals surface area contributed by atoms with Crippen LogP contribution in [0.4, 0.5) is 0 Å². The number of ether oxygens (including phenoxy) is 8. The highest BCUT2D eigenvalue weighted by Crippen LogP contribution is 2.50. The summed E-state index contributed by atoms with van der Waals surface area (Å²) in [6.07, 6.45) is 2.55. The molecule has 4 N–H and O–H groups in total. The molecule has 3 saturated heterocycles. The van der Waals surface area contributed by atoms with E-state index in [1.807, 2.05) is 13.0 Å². The first-order chi connectivity index (χ1) is 29.9. The molecular weight excluding hydrogens is 836 g/mol. The van der Waals surface area contributed by atoms with Crippen molar-refractivity contribution in [1.29, 1.82) is 0 Å². The van der Waals surface area contributed by atoms with Crippen LogP contribution in [0.25, 0.3) is 0 Å². The lowest BCUT2D eigenvalue weighted by molar-refractivity contribution is -0.348. The summed E-state index contributed by atoms with van der Waals surface area (Å²) in [6, 6.07) is 0. The molecule has 6 bridgehead atoms. The number of allylic oxidation sites excluding steroid dienone is 3. The quantitative estimate of drug-likeness (QED) is 0.0830. The molecule has 4 rings (SSSR count). The fourth-order valence-corrected chi connectivity index (χ4v) is 8.57. The van der Waals surface area contributed by atoms with Gasteiger partial charge in [0.05, 0.1) is 62.7 Å². The van der Waals surface area contributed by atoms with E-state index in [9.17, 15) is 44.4 Å². The molecule has 0 aliphatic carbocycles. The van der Waals surface area contributed by atoms with E-state index in [1.54, 1.807) is 45.9 Å². The van der Waals surface area contributed by atoms with Gasteiger partial charge in [-0.15, -0.1) is 0 Å². The summed E-state index contributed by atoms with van der Waals surface area (Å²) in [6.45, 7) is 11.2. The van der Waals surface area contributed by atoms with Crippen LogP contribution in [0.1, 0.15) is 113 Å². The van der Waals surface area contributed by atoms with Crippen molar-refractivity contribution in [2.24, 2.45) is 10.8 Å². The molecule has 4 heterocycles. The third-order valence-corrected chi connectivity index (χ3v) is 12.4. The normalized spacial score (nSPS) is 35.3. The molecule has 17 heteroatoms. The van der Waals surface area contributed by atoms with Crippen LogP contribution in [-0.2, 0) is 61.9 Å². The molecule has 4 aliphatic heterocycles. The summed E-state index contributed by atoms with van der Waals surface area (Å²) in [5.74, 6) is -8.31. The van der Waals surface area contributed by atoms with Crippen molar-refractivity contribution in [1.82, 2.24) is 0 Å². The molecule has 64 heavy (non-hydrogen) atoms. The van der Waals surface area contributed by atoms with Crippen LogP contribution in [0.15, 0.2) is 59.8 Å². The molecule has 0 radical (unpaired) electrons. The highest BCUT2D eigenvalue weighted by atomic mass is 16.7. The van der Waals surface area contributed by atoms with Gasteiger partial charge < -0.3 is 58.3 Å². The second kappa shape index (κ2) is 22.3. The minimum atomic E-state index is -2.47. The lowest BCUT2D eigenvalue weighted by Crippen LogP contribution is -2.62. The molecule has 0 aromatic rings. The Kier molecular flexibility index (Phi) is 18.3. The zero-order valence-electron chi connectivity index (χ0n) is 38.5. The number of cyclic esters (lactones) is 1. The van der Waals surface area contributed by atoms with Gasteiger partial charge in [0.1, 0.15) is 12.2 Å². The number of esters is 5. The van der Waals surface area contributed by atoms with Gasteiger partial charge in [0.2, 0.25) is 5.79 Å². The average Bonchev–Trinajstić information content (AvgIpc) is 3.19. The van der Waals surface area contributed by atoms with Gasteiger partial charge in [-0.2, -0.15) is 0 Å². The van der Waals surface area contributed by atoms with E-state index in [1.165, 1.54) is 33.1 Å². The Balaban J connectivity index is 1.89. The summed E-state index contributed by atoms with van der Waals surface area (Å²) >= 11 is 0. The molecule has 3 fully saturated rings. The Bertz CT molecular complexity index is 1830. The maximum absolute atomic E-state index is 13.4. The zero-order valence-corrected chi connectivity index (χ0v) is 38.5. The first-order valence-electron chi connectivity index (χ1n) is 21.9. The third-order valence-electron chi connectivity index (χ3n) is 12.4. The second-order valence-corrected chi connectivity index (χ2v) is 18.3. The number of aliphatic hydroxyl groups is 4. The smallest absolute Gasteiger partial charge is 0.331 e. The topological polar surface area (TPSA) is 240 Å². The fourth-order valence-electron chi connectivity index (χ4n) is 8.57. The number of carbonyl (C=O) groups excluding carboxylic acids is 5. The summed E-state index contributed by atoms with van der Waals surface area (Å²) in [5.41, 5.74) is -2.06. The molecule has 4 aliphatic rings. The van der Waals surface area contributed by atoms with Crippen LogP contribution in [0, 0.1) is 10.8 Å². The SMILES string of the molecule is CCC/C=C/C=C/C(=O)O[C@H]1/C(=C/C(=O)OC)C[C@H]2C[C@H]([C@@H](C)O)OC(=O)C[C@H](O)C[C@@H]3C[C@H](OC(C)=O)C(C)(C)[C@](O)(C[C@@H]4C/C(=C\C(=O)OC)C[C@H](C=CC(C)(C)[C@]1(O)O2)O4)O3. The van der Waals surface area contributed by atoms with Gasteiger partial charge in [-0.3, -0.25) is 9.59 Å². The standard InChI is InChI=1S/C47H68O17/c1-10-11-12-13-14-15-39(51)62-43-31(22-41(53)58-9)21-34-25-37(28(2)48)61-42(54)24-32(50)23-35-26-38(59-29(3)49)45(6,7)46(55,63-35)27-36-19-30(20-40(52)57-8)18-33(60-36)16-17-44(4,5)47(43,56)64-34/h12-17,20,22,28,32-38,43,48,50,55-56H,10-11,18-19,21,23-27H2,1-9H3/b13-12+,15-14+,17-16?,30-20-,31-22+/t28-,32-,33+,34+,35-,36+,37-,38+,43+,46+,47-/m1/s1. The fraction of sp³-hybridized carbons (Fsp3) is 0.681. The van der Waals surface area contributed by atoms with Crippen LogP contribution < -0.4 is 0 Å². The first kappa shape index (κ1) is 52.4. The maximum atomic E-state index is 13.4. The number of unbranched alkanes of at least 4 members (excludes halogenated alkanes) is 1.